The number of amides is 1. The minimum atomic E-state index is -0.0550. The highest BCUT2D eigenvalue weighted by atomic mass is 16.5. The van der Waals surface area contributed by atoms with Crippen LogP contribution in [-0.4, -0.2) is 25.1 Å². The fourth-order valence-electron chi connectivity index (χ4n) is 2.62. The maximum atomic E-state index is 11.9. The molecule has 1 atom stereocenters. The number of rotatable bonds is 8. The maximum Gasteiger partial charge on any atom is 0.228 e. The first-order valence-electron chi connectivity index (χ1n) is 7.99. The summed E-state index contributed by atoms with van der Waals surface area (Å²) in [5, 5.41) is 0. The molecular weight excluding hydrogens is 264 g/mol. The van der Waals surface area contributed by atoms with E-state index in [1.54, 1.807) is 4.90 Å². The number of nitrogens with zero attached hydrogens (tertiary/aromatic N) is 1. The van der Waals surface area contributed by atoms with Crippen LogP contribution in [0.1, 0.15) is 45.4 Å². The fourth-order valence-corrected chi connectivity index (χ4v) is 2.62. The van der Waals surface area contributed by atoms with E-state index in [1.165, 1.54) is 25.7 Å². The quantitative estimate of drug-likeness (QED) is 0.748. The van der Waals surface area contributed by atoms with E-state index in [0.29, 0.717) is 13.0 Å². The number of nitrogens with two attached hydrogens (primary N) is 1. The summed E-state index contributed by atoms with van der Waals surface area (Å²) in [6.45, 7) is 3.55. The van der Waals surface area contributed by atoms with Gasteiger partial charge in [-0.25, -0.2) is 0 Å². The van der Waals surface area contributed by atoms with Crippen LogP contribution in [0, 0.1) is 0 Å². The van der Waals surface area contributed by atoms with E-state index in [-0.39, 0.29) is 11.9 Å². The number of hydrogen-bond donors (Lipinski definition) is 1. The van der Waals surface area contributed by atoms with Gasteiger partial charge in [-0.05, 0) is 18.6 Å². The molecule has 0 radical (unpaired) electrons. The molecule has 1 aliphatic rings. The highest BCUT2D eigenvalue weighted by molar-refractivity contribution is 5.96. The fraction of sp³-hybridized carbons (Fsp3) is 0.588. The van der Waals surface area contributed by atoms with Gasteiger partial charge in [0.2, 0.25) is 5.91 Å². The molecule has 0 aliphatic carbocycles. The van der Waals surface area contributed by atoms with Crippen LogP contribution in [0.15, 0.2) is 24.3 Å². The van der Waals surface area contributed by atoms with Crippen LogP contribution in [0.3, 0.4) is 0 Å². The minimum absolute atomic E-state index is 0.0550. The van der Waals surface area contributed by atoms with Gasteiger partial charge in [-0.3, -0.25) is 4.79 Å². The summed E-state index contributed by atoms with van der Waals surface area (Å²) in [5.74, 6) is 0.926. The van der Waals surface area contributed by atoms with Crippen molar-refractivity contribution in [1.82, 2.24) is 0 Å². The molecule has 2 rings (SSSR count). The Morgan fingerprint density at radius 1 is 1.29 bits per heavy atom. The topological polar surface area (TPSA) is 55.6 Å². The molecule has 0 aromatic heterocycles. The Hall–Kier alpha value is -1.55. The number of anilines is 1. The van der Waals surface area contributed by atoms with Crippen molar-refractivity contribution in [3.8, 4) is 5.75 Å². The van der Waals surface area contributed by atoms with Gasteiger partial charge in [-0.1, -0.05) is 38.7 Å². The van der Waals surface area contributed by atoms with Gasteiger partial charge in [0, 0.05) is 30.8 Å². The summed E-state index contributed by atoms with van der Waals surface area (Å²) >= 11 is 0. The van der Waals surface area contributed by atoms with Crippen molar-refractivity contribution in [3.05, 3.63) is 24.3 Å². The van der Waals surface area contributed by atoms with Crippen LogP contribution in [0.2, 0.25) is 0 Å². The van der Waals surface area contributed by atoms with Crippen molar-refractivity contribution in [2.24, 2.45) is 5.73 Å². The molecule has 1 aliphatic heterocycles. The van der Waals surface area contributed by atoms with Crippen LogP contribution >= 0.6 is 0 Å². The van der Waals surface area contributed by atoms with Crippen molar-refractivity contribution in [1.29, 1.82) is 0 Å². The molecule has 0 spiro atoms. The highest BCUT2D eigenvalue weighted by Crippen LogP contribution is 2.25. The van der Waals surface area contributed by atoms with Gasteiger partial charge in [-0.15, -0.1) is 0 Å². The van der Waals surface area contributed by atoms with Crippen molar-refractivity contribution >= 4 is 11.6 Å². The molecular formula is C17H26N2O2. The lowest BCUT2D eigenvalue weighted by molar-refractivity contribution is -0.117. The molecule has 0 bridgehead atoms. The molecule has 21 heavy (non-hydrogen) atoms. The zero-order chi connectivity index (χ0) is 15.1. The third kappa shape index (κ3) is 4.74. The Morgan fingerprint density at radius 3 is 2.81 bits per heavy atom. The number of ether oxygens (including phenoxy) is 1. The molecule has 1 saturated heterocycles. The van der Waals surface area contributed by atoms with Crippen molar-refractivity contribution in [2.45, 2.75) is 51.5 Å². The second kappa shape index (κ2) is 8.03. The lowest BCUT2D eigenvalue weighted by Crippen LogP contribution is -2.27. The van der Waals surface area contributed by atoms with E-state index in [2.05, 4.69) is 6.92 Å². The van der Waals surface area contributed by atoms with Gasteiger partial charge in [-0.2, -0.15) is 0 Å². The average Bonchev–Trinajstić information content (AvgIpc) is 2.82. The first kappa shape index (κ1) is 15.8. The van der Waals surface area contributed by atoms with Crippen molar-refractivity contribution in [2.75, 3.05) is 18.1 Å². The smallest absolute Gasteiger partial charge is 0.228 e. The van der Waals surface area contributed by atoms with Gasteiger partial charge in [0.1, 0.15) is 5.75 Å². The van der Waals surface area contributed by atoms with Crippen LogP contribution in [0.5, 0.6) is 5.75 Å². The Balaban J connectivity index is 1.82. The van der Waals surface area contributed by atoms with E-state index in [9.17, 15) is 4.79 Å². The minimum Gasteiger partial charge on any atom is -0.494 e. The normalized spacial score (nSPS) is 18.3. The molecule has 0 saturated carbocycles. The third-order valence-corrected chi connectivity index (χ3v) is 3.80. The Bertz CT molecular complexity index is 462. The number of unbranched alkanes of at least 4 members (excludes halogenated alkanes) is 4. The standard InChI is InChI=1S/C17H26N2O2/c1-2-3-4-5-6-10-21-16-9-7-8-15(12-16)19-13-14(18)11-17(19)20/h7-9,12,14H,2-6,10-11,13,18H2,1H3. The first-order chi connectivity index (χ1) is 10.2. The van der Waals surface area contributed by atoms with E-state index in [0.717, 1.165) is 24.5 Å². The second-order valence-corrected chi connectivity index (χ2v) is 5.73. The summed E-state index contributed by atoms with van der Waals surface area (Å²) in [7, 11) is 0. The summed E-state index contributed by atoms with van der Waals surface area (Å²) in [5.41, 5.74) is 6.72. The van der Waals surface area contributed by atoms with Gasteiger partial charge in [0.15, 0.2) is 0 Å². The Kier molecular flexibility index (Phi) is 6.05. The molecule has 1 aromatic rings. The molecule has 1 heterocycles. The molecule has 1 fully saturated rings. The first-order valence-corrected chi connectivity index (χ1v) is 7.99. The lowest BCUT2D eigenvalue weighted by atomic mass is 10.2. The molecule has 2 N–H and O–H groups in total. The number of carbonyl (C=O) groups is 1. The SMILES string of the molecule is CCCCCCCOc1cccc(N2CC(N)CC2=O)c1. The van der Waals surface area contributed by atoms with E-state index >= 15 is 0 Å². The van der Waals surface area contributed by atoms with Crippen LogP contribution in [0.25, 0.3) is 0 Å². The Morgan fingerprint density at radius 2 is 2.10 bits per heavy atom. The second-order valence-electron chi connectivity index (χ2n) is 5.73. The highest BCUT2D eigenvalue weighted by Gasteiger charge is 2.28. The number of benzene rings is 1. The predicted molar refractivity (Wildman–Crippen MR) is 85.6 cm³/mol. The van der Waals surface area contributed by atoms with Crippen molar-refractivity contribution in [3.63, 3.8) is 0 Å². The average molecular weight is 290 g/mol. The van der Waals surface area contributed by atoms with E-state index in [1.807, 2.05) is 24.3 Å². The summed E-state index contributed by atoms with van der Waals surface area (Å²) < 4.78 is 5.78. The van der Waals surface area contributed by atoms with Gasteiger partial charge >= 0.3 is 0 Å². The summed E-state index contributed by atoms with van der Waals surface area (Å²) in [6, 6.07) is 7.68. The molecule has 4 heteroatoms. The zero-order valence-corrected chi connectivity index (χ0v) is 12.9. The maximum absolute atomic E-state index is 11.9. The monoisotopic (exact) mass is 290 g/mol. The molecule has 1 unspecified atom stereocenters. The molecule has 4 nitrogen and oxygen atoms in total. The van der Waals surface area contributed by atoms with E-state index in [4.69, 9.17) is 10.5 Å². The van der Waals surface area contributed by atoms with Gasteiger partial charge < -0.3 is 15.4 Å². The number of carbonyl (C=O) groups excluding carboxylic acids is 1. The van der Waals surface area contributed by atoms with Crippen LogP contribution in [0.4, 0.5) is 5.69 Å². The zero-order valence-electron chi connectivity index (χ0n) is 12.9. The summed E-state index contributed by atoms with van der Waals surface area (Å²) in [4.78, 5) is 13.6. The van der Waals surface area contributed by atoms with Crippen LogP contribution < -0.4 is 15.4 Å². The summed E-state index contributed by atoms with van der Waals surface area (Å²) in [6.07, 6.45) is 6.56. The lowest BCUT2D eigenvalue weighted by Gasteiger charge is -2.17. The Labute approximate surface area is 127 Å². The van der Waals surface area contributed by atoms with Gasteiger partial charge in [0.25, 0.3) is 0 Å². The van der Waals surface area contributed by atoms with Gasteiger partial charge in [0.05, 0.1) is 6.61 Å². The third-order valence-electron chi connectivity index (χ3n) is 3.80. The van der Waals surface area contributed by atoms with E-state index < -0.39 is 0 Å². The largest absolute Gasteiger partial charge is 0.494 e. The molecule has 1 amide bonds. The predicted octanol–water partition coefficient (Wildman–Crippen LogP) is 3.10. The van der Waals surface area contributed by atoms with Crippen molar-refractivity contribution < 1.29 is 9.53 Å². The molecule has 116 valence electrons. The molecule has 1 aromatic carbocycles. The van der Waals surface area contributed by atoms with Crippen LogP contribution in [-0.2, 0) is 4.79 Å². The number of hydrogen-bond acceptors (Lipinski definition) is 3.